The van der Waals surface area contributed by atoms with E-state index in [1.165, 1.54) is 0 Å². The Morgan fingerprint density at radius 2 is 2.07 bits per heavy atom. The lowest BCUT2D eigenvalue weighted by Gasteiger charge is -2.29. The second kappa shape index (κ2) is 3.74. The van der Waals surface area contributed by atoms with Crippen molar-refractivity contribution >= 4 is 6.03 Å². The van der Waals surface area contributed by atoms with E-state index in [4.69, 9.17) is 10.5 Å². The zero-order valence-corrected chi connectivity index (χ0v) is 8.29. The summed E-state index contributed by atoms with van der Waals surface area (Å²) in [5.74, 6) is 0. The molecule has 2 fully saturated rings. The van der Waals surface area contributed by atoms with Crippen LogP contribution < -0.4 is 11.1 Å². The fourth-order valence-electron chi connectivity index (χ4n) is 1.60. The van der Waals surface area contributed by atoms with Gasteiger partial charge in [0.2, 0.25) is 0 Å². The van der Waals surface area contributed by atoms with Crippen LogP contribution in [0.1, 0.15) is 12.8 Å². The van der Waals surface area contributed by atoms with Crippen LogP contribution in [0.25, 0.3) is 0 Å². The minimum absolute atomic E-state index is 0.0104. The normalized spacial score (nSPS) is 24.5. The molecule has 2 amide bonds. The fraction of sp³-hybridized carbons (Fsp3) is 0.889. The summed E-state index contributed by atoms with van der Waals surface area (Å²) in [6, 6.07) is 0.0104. The van der Waals surface area contributed by atoms with Crippen molar-refractivity contribution in [2.45, 2.75) is 18.4 Å². The highest BCUT2D eigenvalue weighted by Gasteiger charge is 2.43. The van der Waals surface area contributed by atoms with Crippen molar-refractivity contribution in [2.75, 3.05) is 32.8 Å². The molecule has 0 unspecified atom stereocenters. The summed E-state index contributed by atoms with van der Waals surface area (Å²) in [6.45, 7) is 3.20. The molecule has 0 atom stereocenters. The minimum Gasteiger partial charge on any atom is -0.378 e. The van der Waals surface area contributed by atoms with E-state index in [9.17, 15) is 4.79 Å². The quantitative estimate of drug-likeness (QED) is 0.631. The van der Waals surface area contributed by atoms with Crippen molar-refractivity contribution in [1.82, 2.24) is 10.2 Å². The van der Waals surface area contributed by atoms with Crippen LogP contribution in [0.2, 0.25) is 0 Å². The smallest absolute Gasteiger partial charge is 0.318 e. The topological polar surface area (TPSA) is 67.6 Å². The number of carbonyl (C=O) groups is 1. The molecule has 1 aliphatic carbocycles. The van der Waals surface area contributed by atoms with Crippen molar-refractivity contribution in [3.8, 4) is 0 Å². The number of ether oxygens (including phenoxy) is 1. The van der Waals surface area contributed by atoms with Crippen molar-refractivity contribution in [3.05, 3.63) is 0 Å². The monoisotopic (exact) mass is 199 g/mol. The summed E-state index contributed by atoms with van der Waals surface area (Å²) >= 11 is 0. The van der Waals surface area contributed by atoms with Gasteiger partial charge in [-0.1, -0.05) is 0 Å². The van der Waals surface area contributed by atoms with Crippen LogP contribution in [0.3, 0.4) is 0 Å². The molecule has 1 saturated carbocycles. The zero-order valence-electron chi connectivity index (χ0n) is 8.29. The Morgan fingerprint density at radius 1 is 1.43 bits per heavy atom. The zero-order chi connectivity index (χ0) is 10.0. The number of nitrogens with one attached hydrogen (secondary N) is 1. The molecule has 5 nitrogen and oxygen atoms in total. The van der Waals surface area contributed by atoms with Crippen LogP contribution in [0, 0.1) is 0 Å². The summed E-state index contributed by atoms with van der Waals surface area (Å²) in [5, 5.41) is 2.99. The molecule has 0 aromatic heterocycles. The molecule has 80 valence electrons. The fourth-order valence-corrected chi connectivity index (χ4v) is 1.60. The van der Waals surface area contributed by atoms with E-state index in [0.29, 0.717) is 32.8 Å². The first-order chi connectivity index (χ1) is 6.76. The number of nitrogens with zero attached hydrogens (tertiary/aromatic N) is 1. The van der Waals surface area contributed by atoms with Crippen molar-refractivity contribution < 1.29 is 9.53 Å². The first-order valence-electron chi connectivity index (χ1n) is 5.11. The standard InChI is InChI=1S/C9H17N3O2/c10-7-9(1-2-9)11-8(13)12-3-5-14-6-4-12/h1-7,10H2,(H,11,13). The summed E-state index contributed by atoms with van der Waals surface area (Å²) < 4.78 is 5.18. The Hall–Kier alpha value is -0.810. The van der Waals surface area contributed by atoms with Gasteiger partial charge in [0.25, 0.3) is 0 Å². The predicted molar refractivity (Wildman–Crippen MR) is 51.9 cm³/mol. The van der Waals surface area contributed by atoms with Gasteiger partial charge in [-0.2, -0.15) is 0 Å². The van der Waals surface area contributed by atoms with E-state index < -0.39 is 0 Å². The number of carbonyl (C=O) groups excluding carboxylic acids is 1. The van der Waals surface area contributed by atoms with Crippen LogP contribution in [0.4, 0.5) is 4.79 Å². The van der Waals surface area contributed by atoms with E-state index in [0.717, 1.165) is 12.8 Å². The largest absolute Gasteiger partial charge is 0.378 e. The van der Waals surface area contributed by atoms with Gasteiger partial charge in [-0.05, 0) is 12.8 Å². The molecule has 5 heteroatoms. The number of hydrogen-bond donors (Lipinski definition) is 2. The van der Waals surface area contributed by atoms with Crippen LogP contribution in [0.15, 0.2) is 0 Å². The van der Waals surface area contributed by atoms with Crippen molar-refractivity contribution in [2.24, 2.45) is 5.73 Å². The van der Waals surface area contributed by atoms with E-state index >= 15 is 0 Å². The number of hydrogen-bond acceptors (Lipinski definition) is 3. The van der Waals surface area contributed by atoms with Crippen LogP contribution >= 0.6 is 0 Å². The molecule has 0 aromatic rings. The number of nitrogens with two attached hydrogens (primary N) is 1. The van der Waals surface area contributed by atoms with Crippen LogP contribution in [-0.4, -0.2) is 49.3 Å². The van der Waals surface area contributed by atoms with Crippen molar-refractivity contribution in [1.29, 1.82) is 0 Å². The minimum atomic E-state index is -0.0879. The Kier molecular flexibility index (Phi) is 2.60. The summed E-state index contributed by atoms with van der Waals surface area (Å²) in [4.78, 5) is 13.5. The molecule has 1 saturated heterocycles. The van der Waals surface area contributed by atoms with Crippen molar-refractivity contribution in [3.63, 3.8) is 0 Å². The molecule has 2 aliphatic rings. The molecule has 0 spiro atoms. The van der Waals surface area contributed by atoms with Gasteiger partial charge in [0.1, 0.15) is 0 Å². The molecule has 3 N–H and O–H groups in total. The maximum Gasteiger partial charge on any atom is 0.318 e. The summed E-state index contributed by atoms with van der Waals surface area (Å²) in [7, 11) is 0. The second-order valence-electron chi connectivity index (χ2n) is 4.01. The first kappa shape index (κ1) is 9.73. The highest BCUT2D eigenvalue weighted by atomic mass is 16.5. The van der Waals surface area contributed by atoms with E-state index in [1.54, 1.807) is 4.90 Å². The van der Waals surface area contributed by atoms with Gasteiger partial charge < -0.3 is 20.7 Å². The van der Waals surface area contributed by atoms with E-state index in [2.05, 4.69) is 5.32 Å². The Balaban J connectivity index is 1.82. The van der Waals surface area contributed by atoms with Crippen LogP contribution in [-0.2, 0) is 4.74 Å². The SMILES string of the molecule is NCC1(NC(=O)N2CCOCC2)CC1. The summed E-state index contributed by atoms with van der Waals surface area (Å²) in [6.07, 6.45) is 2.03. The maximum absolute atomic E-state index is 11.7. The van der Waals surface area contributed by atoms with Gasteiger partial charge >= 0.3 is 6.03 Å². The van der Waals surface area contributed by atoms with E-state index in [1.807, 2.05) is 0 Å². The molecular weight excluding hydrogens is 182 g/mol. The lowest BCUT2D eigenvalue weighted by atomic mass is 10.3. The molecule has 1 aliphatic heterocycles. The molecule has 1 heterocycles. The predicted octanol–water partition coefficient (Wildman–Crippen LogP) is -0.481. The first-order valence-corrected chi connectivity index (χ1v) is 5.11. The maximum atomic E-state index is 11.7. The third-order valence-electron chi connectivity index (χ3n) is 2.91. The molecule has 0 aromatic carbocycles. The third-order valence-corrected chi connectivity index (χ3v) is 2.91. The average Bonchev–Trinajstić information content (AvgIpc) is 3.00. The number of morpholine rings is 1. The number of rotatable bonds is 2. The van der Waals surface area contributed by atoms with Gasteiger partial charge in [0.15, 0.2) is 0 Å². The number of amides is 2. The highest BCUT2D eigenvalue weighted by molar-refractivity contribution is 5.75. The van der Waals surface area contributed by atoms with Crippen LogP contribution in [0.5, 0.6) is 0 Å². The van der Waals surface area contributed by atoms with E-state index in [-0.39, 0.29) is 11.6 Å². The molecule has 14 heavy (non-hydrogen) atoms. The van der Waals surface area contributed by atoms with Gasteiger partial charge in [-0.3, -0.25) is 0 Å². The lowest BCUT2D eigenvalue weighted by molar-refractivity contribution is 0.0523. The average molecular weight is 199 g/mol. The molecule has 0 radical (unpaired) electrons. The molecule has 2 rings (SSSR count). The van der Waals surface area contributed by atoms with Gasteiger partial charge in [0, 0.05) is 19.6 Å². The Bertz CT molecular complexity index is 222. The second-order valence-corrected chi connectivity index (χ2v) is 4.01. The Morgan fingerprint density at radius 3 is 2.57 bits per heavy atom. The van der Waals surface area contributed by atoms with Gasteiger partial charge in [0.05, 0.1) is 18.8 Å². The third kappa shape index (κ3) is 1.99. The van der Waals surface area contributed by atoms with Gasteiger partial charge in [-0.25, -0.2) is 4.79 Å². The van der Waals surface area contributed by atoms with Gasteiger partial charge in [-0.15, -0.1) is 0 Å². The Labute approximate surface area is 83.6 Å². The number of urea groups is 1. The lowest BCUT2D eigenvalue weighted by Crippen LogP contribution is -2.52. The highest BCUT2D eigenvalue weighted by Crippen LogP contribution is 2.34. The molecular formula is C9H17N3O2. The summed E-state index contributed by atoms with van der Waals surface area (Å²) in [5.41, 5.74) is 5.50. The molecule has 0 bridgehead atoms.